The van der Waals surface area contributed by atoms with Crippen LogP contribution in [0.1, 0.15) is 12.5 Å². The van der Waals surface area contributed by atoms with E-state index in [4.69, 9.17) is 11.6 Å². The van der Waals surface area contributed by atoms with Gasteiger partial charge in [-0.1, -0.05) is 48.5 Å². The predicted molar refractivity (Wildman–Crippen MR) is 73.7 cm³/mol. The van der Waals surface area contributed by atoms with Crippen molar-refractivity contribution in [2.75, 3.05) is 6.54 Å². The Bertz CT molecular complexity index is 549. The van der Waals surface area contributed by atoms with Crippen molar-refractivity contribution < 1.29 is 41.5 Å². The van der Waals surface area contributed by atoms with E-state index in [-0.39, 0.29) is 32.7 Å². The van der Waals surface area contributed by atoms with Gasteiger partial charge in [0.1, 0.15) is 0 Å². The van der Waals surface area contributed by atoms with E-state index >= 15 is 0 Å². The number of hydrogen-bond donors (Lipinski definition) is 0. The van der Waals surface area contributed by atoms with Gasteiger partial charge in [-0.3, -0.25) is 0 Å². The minimum absolute atomic E-state index is 0. The molecule has 103 valence electrons. The second kappa shape index (κ2) is 7.49. The maximum atomic E-state index is 12.7. The summed E-state index contributed by atoms with van der Waals surface area (Å²) in [5.41, 5.74) is 2.78. The van der Waals surface area contributed by atoms with E-state index in [9.17, 15) is 8.78 Å². The third-order valence-corrected chi connectivity index (χ3v) is 3.17. The van der Waals surface area contributed by atoms with Crippen molar-refractivity contribution in [1.29, 1.82) is 0 Å². The van der Waals surface area contributed by atoms with Crippen LogP contribution >= 0.6 is 11.6 Å². The summed E-state index contributed by atoms with van der Waals surface area (Å²) in [5.74, 6) is 0. The molecule has 1 aliphatic rings. The minimum Gasteiger partial charge on any atom is -0.370 e. The van der Waals surface area contributed by atoms with Crippen LogP contribution in [0.15, 0.2) is 48.2 Å². The second-order valence-corrected chi connectivity index (χ2v) is 4.71. The zero-order valence-corrected chi connectivity index (χ0v) is 14.6. The van der Waals surface area contributed by atoms with Crippen molar-refractivity contribution in [2.24, 2.45) is 0 Å². The van der Waals surface area contributed by atoms with Gasteiger partial charge in [-0.2, -0.15) is 12.2 Å². The Balaban J connectivity index is 0.00000200. The first-order chi connectivity index (χ1) is 8.99. The monoisotopic (exact) mass is 369 g/mol. The maximum absolute atomic E-state index is 12.7. The summed E-state index contributed by atoms with van der Waals surface area (Å²) in [6.07, 6.45) is 2.35. The van der Waals surface area contributed by atoms with Crippen molar-refractivity contribution in [3.8, 4) is 0 Å². The van der Waals surface area contributed by atoms with E-state index in [1.807, 2.05) is 6.92 Å². The molecular formula is C15H13ClF2NY-. The van der Waals surface area contributed by atoms with Gasteiger partial charge in [-0.15, -0.1) is 17.7 Å². The van der Waals surface area contributed by atoms with Crippen LogP contribution in [0.4, 0.5) is 8.78 Å². The number of allylic oxidation sites excluding steroid dienone is 3. The molecule has 0 unspecified atom stereocenters. The Labute approximate surface area is 147 Å². The van der Waals surface area contributed by atoms with Gasteiger partial charge >= 0.3 is 0 Å². The number of benzene rings is 1. The number of nitrogens with zero attached hydrogens (tertiary/aromatic N) is 1. The summed E-state index contributed by atoms with van der Waals surface area (Å²) in [6, 6.07) is 7.01. The van der Waals surface area contributed by atoms with Gasteiger partial charge in [0.15, 0.2) is 0 Å². The summed E-state index contributed by atoms with van der Waals surface area (Å²) >= 11 is 5.83. The first kappa shape index (κ1) is 17.5. The molecule has 1 nitrogen and oxygen atoms in total. The molecule has 1 aromatic carbocycles. The molecule has 1 radical (unpaired) electrons. The maximum Gasteiger partial charge on any atom is 0.256 e. The van der Waals surface area contributed by atoms with Crippen molar-refractivity contribution >= 4 is 17.3 Å². The Morgan fingerprint density at radius 1 is 1.30 bits per heavy atom. The first-order valence-electron chi connectivity index (χ1n) is 5.80. The van der Waals surface area contributed by atoms with E-state index in [1.165, 1.54) is 4.90 Å². The molecular weight excluding hydrogens is 357 g/mol. The number of halogens is 3. The molecule has 1 aliphatic heterocycles. The SMILES string of the molecule is C=C1C(C)=C[C-]=C(c2ccc(Cl)cc2)N1CC(F)F.[Y]. The molecule has 0 saturated carbocycles. The van der Waals surface area contributed by atoms with Gasteiger partial charge in [-0.05, 0) is 5.70 Å². The van der Waals surface area contributed by atoms with Crippen LogP contribution in [-0.4, -0.2) is 17.9 Å². The van der Waals surface area contributed by atoms with Gasteiger partial charge in [0.25, 0.3) is 6.43 Å². The molecule has 0 bridgehead atoms. The normalized spacial score (nSPS) is 14.8. The van der Waals surface area contributed by atoms with Crippen molar-refractivity contribution in [1.82, 2.24) is 4.90 Å². The van der Waals surface area contributed by atoms with Gasteiger partial charge in [0.05, 0.1) is 6.54 Å². The van der Waals surface area contributed by atoms with Crippen LogP contribution in [0.2, 0.25) is 5.02 Å². The quantitative estimate of drug-likeness (QED) is 0.708. The van der Waals surface area contributed by atoms with Crippen molar-refractivity contribution in [2.45, 2.75) is 13.3 Å². The molecule has 0 atom stereocenters. The molecule has 5 heteroatoms. The largest absolute Gasteiger partial charge is 0.370 e. The number of alkyl halides is 2. The fourth-order valence-corrected chi connectivity index (χ4v) is 2.00. The van der Waals surface area contributed by atoms with Gasteiger partial charge in [0.2, 0.25) is 0 Å². The van der Waals surface area contributed by atoms with E-state index < -0.39 is 13.0 Å². The fraction of sp³-hybridized carbons (Fsp3) is 0.200. The van der Waals surface area contributed by atoms with Crippen LogP contribution in [-0.2, 0) is 32.7 Å². The Kier molecular flexibility index (Phi) is 6.57. The molecule has 0 amide bonds. The zero-order valence-electron chi connectivity index (χ0n) is 11.0. The molecule has 20 heavy (non-hydrogen) atoms. The summed E-state index contributed by atoms with van der Waals surface area (Å²) < 4.78 is 25.4. The topological polar surface area (TPSA) is 3.24 Å². The van der Waals surface area contributed by atoms with E-state index in [0.29, 0.717) is 16.4 Å². The molecule has 0 spiro atoms. The molecule has 0 saturated heterocycles. The van der Waals surface area contributed by atoms with E-state index in [0.717, 1.165) is 11.1 Å². The second-order valence-electron chi connectivity index (χ2n) is 4.28. The van der Waals surface area contributed by atoms with Crippen LogP contribution in [0.25, 0.3) is 5.70 Å². The van der Waals surface area contributed by atoms with E-state index in [2.05, 4.69) is 12.7 Å². The van der Waals surface area contributed by atoms with Crippen LogP contribution in [0.5, 0.6) is 0 Å². The first-order valence-corrected chi connectivity index (χ1v) is 6.18. The van der Waals surface area contributed by atoms with Gasteiger partial charge < -0.3 is 4.90 Å². The summed E-state index contributed by atoms with van der Waals surface area (Å²) in [6.45, 7) is 5.29. The number of rotatable bonds is 3. The number of hydrogen-bond acceptors (Lipinski definition) is 1. The van der Waals surface area contributed by atoms with Crippen molar-refractivity contribution in [3.05, 3.63) is 64.9 Å². The molecule has 1 aromatic rings. The zero-order chi connectivity index (χ0) is 14.0. The standard InChI is InChI=1S/C15H13ClF2N.Y/c1-10-3-8-14(12-4-6-13(16)7-5-12)19(11(10)2)9-15(17)18;/h3-7,15H,2,9H2,1H3;/q-1;. The Morgan fingerprint density at radius 2 is 1.90 bits per heavy atom. The minimum atomic E-state index is -2.44. The molecule has 0 fully saturated rings. The average molecular weight is 370 g/mol. The fourth-order valence-electron chi connectivity index (χ4n) is 1.87. The average Bonchev–Trinajstić information content (AvgIpc) is 2.36. The smallest absolute Gasteiger partial charge is 0.256 e. The Morgan fingerprint density at radius 3 is 2.45 bits per heavy atom. The third kappa shape index (κ3) is 4.00. The molecule has 2 rings (SSSR count). The molecule has 0 N–H and O–H groups in total. The summed E-state index contributed by atoms with van der Waals surface area (Å²) in [5, 5.41) is 0.603. The van der Waals surface area contributed by atoms with Crippen LogP contribution < -0.4 is 0 Å². The van der Waals surface area contributed by atoms with Gasteiger partial charge in [-0.25, -0.2) is 8.78 Å². The van der Waals surface area contributed by atoms with Gasteiger partial charge in [0, 0.05) is 37.7 Å². The molecule has 0 aromatic heterocycles. The van der Waals surface area contributed by atoms with Crippen molar-refractivity contribution in [3.63, 3.8) is 0 Å². The van der Waals surface area contributed by atoms with Crippen LogP contribution in [0.3, 0.4) is 0 Å². The molecule has 0 aliphatic carbocycles. The summed E-state index contributed by atoms with van der Waals surface area (Å²) in [4.78, 5) is 1.49. The summed E-state index contributed by atoms with van der Waals surface area (Å²) in [7, 11) is 0. The van der Waals surface area contributed by atoms with E-state index in [1.54, 1.807) is 30.3 Å². The predicted octanol–water partition coefficient (Wildman–Crippen LogP) is 4.52. The third-order valence-electron chi connectivity index (χ3n) is 2.91. The Hall–Kier alpha value is -0.506. The van der Waals surface area contributed by atoms with Crippen LogP contribution in [0, 0.1) is 6.08 Å². The molecule has 1 heterocycles.